The van der Waals surface area contributed by atoms with E-state index in [0.29, 0.717) is 6.42 Å². The molecule has 0 aliphatic heterocycles. The van der Waals surface area contributed by atoms with Crippen LogP contribution in [-0.4, -0.2) is 5.92 Å². The molecule has 0 saturated heterocycles. The third kappa shape index (κ3) is 0.774. The Morgan fingerprint density at radius 3 is 1.80 bits per heavy atom. The van der Waals surface area contributed by atoms with Crippen molar-refractivity contribution >= 4 is 0 Å². The third-order valence-corrected chi connectivity index (χ3v) is 2.88. The Kier molecular flexibility index (Phi) is 1.53. The molecule has 1 saturated carbocycles. The van der Waals surface area contributed by atoms with Gasteiger partial charge in [-0.1, -0.05) is 20.8 Å². The topological polar surface area (TPSA) is 0 Å². The van der Waals surface area contributed by atoms with Crippen LogP contribution in [0.1, 0.15) is 33.6 Å². The molecule has 1 unspecified atom stereocenters. The second-order valence-electron chi connectivity index (χ2n) is 3.55. The first-order valence-corrected chi connectivity index (χ1v) is 3.84. The second kappa shape index (κ2) is 1.93. The molecule has 1 fully saturated rings. The molecule has 0 nitrogen and oxygen atoms in total. The third-order valence-electron chi connectivity index (χ3n) is 2.88. The van der Waals surface area contributed by atoms with Gasteiger partial charge < -0.3 is 0 Å². The van der Waals surface area contributed by atoms with E-state index in [1.54, 1.807) is 0 Å². The van der Waals surface area contributed by atoms with Crippen LogP contribution in [0.4, 0.5) is 8.78 Å². The highest BCUT2D eigenvalue weighted by Gasteiger charge is 2.70. The highest BCUT2D eigenvalue weighted by atomic mass is 19.3. The summed E-state index contributed by atoms with van der Waals surface area (Å²) in [7, 11) is 0. The Labute approximate surface area is 60.6 Å². The van der Waals surface area contributed by atoms with Crippen molar-refractivity contribution in [3.8, 4) is 0 Å². The summed E-state index contributed by atoms with van der Waals surface area (Å²) in [4.78, 5) is 0. The predicted molar refractivity (Wildman–Crippen MR) is 37.1 cm³/mol. The summed E-state index contributed by atoms with van der Waals surface area (Å²) in [6.45, 7) is 5.61. The van der Waals surface area contributed by atoms with Crippen LogP contribution in [0.2, 0.25) is 0 Å². The first-order valence-electron chi connectivity index (χ1n) is 3.84. The van der Waals surface area contributed by atoms with Crippen LogP contribution >= 0.6 is 0 Å². The lowest BCUT2D eigenvalue weighted by Gasteiger charge is -2.17. The molecule has 1 atom stereocenters. The van der Waals surface area contributed by atoms with E-state index in [4.69, 9.17) is 0 Å². The summed E-state index contributed by atoms with van der Waals surface area (Å²) >= 11 is 0. The highest BCUT2D eigenvalue weighted by molar-refractivity contribution is 5.10. The zero-order valence-corrected chi connectivity index (χ0v) is 6.75. The minimum atomic E-state index is -2.37. The molecule has 1 aliphatic rings. The average molecular weight is 148 g/mol. The van der Waals surface area contributed by atoms with Crippen LogP contribution in [0.25, 0.3) is 0 Å². The molecule has 0 aromatic heterocycles. The van der Waals surface area contributed by atoms with Crippen molar-refractivity contribution in [3.05, 3.63) is 0 Å². The van der Waals surface area contributed by atoms with Gasteiger partial charge in [-0.25, -0.2) is 8.78 Å². The van der Waals surface area contributed by atoms with E-state index in [2.05, 4.69) is 0 Å². The molecule has 0 radical (unpaired) electrons. The van der Waals surface area contributed by atoms with Crippen molar-refractivity contribution < 1.29 is 8.78 Å². The Morgan fingerprint density at radius 1 is 1.40 bits per heavy atom. The predicted octanol–water partition coefficient (Wildman–Crippen LogP) is 3.08. The first kappa shape index (κ1) is 7.96. The molecule has 0 aromatic rings. The summed E-state index contributed by atoms with van der Waals surface area (Å²) in [5, 5.41) is 0. The lowest BCUT2D eigenvalue weighted by atomic mass is 9.89. The Hall–Kier alpha value is -0.140. The van der Waals surface area contributed by atoms with Gasteiger partial charge in [-0.05, 0) is 12.3 Å². The zero-order chi connectivity index (χ0) is 7.99. The number of rotatable bonds is 2. The molecule has 0 amide bonds. The molecule has 0 heterocycles. The van der Waals surface area contributed by atoms with Crippen molar-refractivity contribution in [1.29, 1.82) is 0 Å². The van der Waals surface area contributed by atoms with Crippen molar-refractivity contribution in [2.45, 2.75) is 39.5 Å². The van der Waals surface area contributed by atoms with E-state index in [1.807, 2.05) is 20.8 Å². The number of halogens is 2. The Bertz CT molecular complexity index is 140. The van der Waals surface area contributed by atoms with Gasteiger partial charge in [-0.15, -0.1) is 0 Å². The maximum atomic E-state index is 12.7. The fourth-order valence-corrected chi connectivity index (χ4v) is 1.77. The monoisotopic (exact) mass is 148 g/mol. The van der Waals surface area contributed by atoms with E-state index in [9.17, 15) is 8.78 Å². The fraction of sp³-hybridized carbons (Fsp3) is 1.00. The van der Waals surface area contributed by atoms with Gasteiger partial charge in [0.1, 0.15) is 0 Å². The number of hydrogen-bond donors (Lipinski definition) is 0. The fourth-order valence-electron chi connectivity index (χ4n) is 1.77. The number of alkyl halides is 2. The van der Waals surface area contributed by atoms with E-state index < -0.39 is 11.3 Å². The molecular weight excluding hydrogens is 134 g/mol. The molecule has 2 heteroatoms. The summed E-state index contributed by atoms with van der Waals surface area (Å²) in [5.41, 5.74) is -0.646. The molecule has 60 valence electrons. The Balaban J connectivity index is 2.68. The van der Waals surface area contributed by atoms with Gasteiger partial charge in [-0.2, -0.15) is 0 Å². The standard InChI is InChI=1S/C8H14F2/c1-4-7(6(2)3)5-8(7,9)10/h6H,4-5H2,1-3H3. The zero-order valence-electron chi connectivity index (χ0n) is 6.75. The van der Waals surface area contributed by atoms with Crippen LogP contribution < -0.4 is 0 Å². The molecule has 0 N–H and O–H groups in total. The normalized spacial score (nSPS) is 36.6. The largest absolute Gasteiger partial charge is 0.254 e. The van der Waals surface area contributed by atoms with Gasteiger partial charge >= 0.3 is 0 Å². The molecular formula is C8H14F2. The van der Waals surface area contributed by atoms with Crippen molar-refractivity contribution in [3.63, 3.8) is 0 Å². The van der Waals surface area contributed by atoms with Crippen LogP contribution in [-0.2, 0) is 0 Å². The molecule has 10 heavy (non-hydrogen) atoms. The van der Waals surface area contributed by atoms with Gasteiger partial charge in [0.25, 0.3) is 5.92 Å². The summed E-state index contributed by atoms with van der Waals surface area (Å²) in [6, 6.07) is 0. The highest BCUT2D eigenvalue weighted by Crippen LogP contribution is 2.66. The summed E-state index contributed by atoms with van der Waals surface area (Å²) < 4.78 is 25.4. The van der Waals surface area contributed by atoms with E-state index >= 15 is 0 Å². The van der Waals surface area contributed by atoms with Crippen molar-refractivity contribution in [1.82, 2.24) is 0 Å². The maximum absolute atomic E-state index is 12.7. The van der Waals surface area contributed by atoms with Crippen molar-refractivity contribution in [2.75, 3.05) is 0 Å². The molecule has 1 aliphatic carbocycles. The molecule has 1 rings (SSSR count). The first-order chi connectivity index (χ1) is 4.46. The maximum Gasteiger partial charge on any atom is 0.254 e. The van der Waals surface area contributed by atoms with Crippen LogP contribution in [0.3, 0.4) is 0 Å². The van der Waals surface area contributed by atoms with Gasteiger partial charge in [-0.3, -0.25) is 0 Å². The minimum Gasteiger partial charge on any atom is -0.206 e. The van der Waals surface area contributed by atoms with Gasteiger partial charge in [0.05, 0.1) is 0 Å². The van der Waals surface area contributed by atoms with Gasteiger partial charge in [0.15, 0.2) is 0 Å². The minimum absolute atomic E-state index is 0.105. The molecule has 0 spiro atoms. The average Bonchev–Trinajstić information content (AvgIpc) is 2.35. The van der Waals surface area contributed by atoms with E-state index in [1.165, 1.54) is 0 Å². The van der Waals surface area contributed by atoms with Crippen LogP contribution in [0.5, 0.6) is 0 Å². The van der Waals surface area contributed by atoms with Crippen LogP contribution in [0.15, 0.2) is 0 Å². The quantitative estimate of drug-likeness (QED) is 0.564. The number of hydrogen-bond acceptors (Lipinski definition) is 0. The SMILES string of the molecule is CCC1(C(C)C)CC1(F)F. The lowest BCUT2D eigenvalue weighted by molar-refractivity contribution is 0.0430. The molecule has 0 aromatic carbocycles. The van der Waals surface area contributed by atoms with Gasteiger partial charge in [0, 0.05) is 11.8 Å². The smallest absolute Gasteiger partial charge is 0.206 e. The Morgan fingerprint density at radius 2 is 1.80 bits per heavy atom. The summed E-state index contributed by atoms with van der Waals surface area (Å²) in [6.07, 6.45) is 0.714. The summed E-state index contributed by atoms with van der Waals surface area (Å²) in [5.74, 6) is -2.25. The lowest BCUT2D eigenvalue weighted by Crippen LogP contribution is -2.16. The van der Waals surface area contributed by atoms with E-state index in [0.717, 1.165) is 0 Å². The van der Waals surface area contributed by atoms with Gasteiger partial charge in [0.2, 0.25) is 0 Å². The second-order valence-corrected chi connectivity index (χ2v) is 3.55. The van der Waals surface area contributed by atoms with Crippen molar-refractivity contribution in [2.24, 2.45) is 11.3 Å². The van der Waals surface area contributed by atoms with Crippen LogP contribution in [0, 0.1) is 11.3 Å². The van der Waals surface area contributed by atoms with E-state index in [-0.39, 0.29) is 12.3 Å². The molecule has 0 bridgehead atoms.